The quantitative estimate of drug-likeness (QED) is 0.383. The van der Waals surface area contributed by atoms with Crippen LogP contribution in [0.2, 0.25) is 5.02 Å². The maximum absolute atomic E-state index is 11.4. The summed E-state index contributed by atoms with van der Waals surface area (Å²) in [5, 5.41) is 11.1. The molecule has 0 heterocycles. The van der Waals surface area contributed by atoms with Crippen LogP contribution in [0, 0.1) is 0 Å². The van der Waals surface area contributed by atoms with Crippen LogP contribution in [-0.4, -0.2) is 30.1 Å². The van der Waals surface area contributed by atoms with Crippen molar-refractivity contribution < 1.29 is 24.2 Å². The van der Waals surface area contributed by atoms with Gasteiger partial charge in [0, 0.05) is 5.56 Å². The van der Waals surface area contributed by atoms with Gasteiger partial charge in [0.05, 0.1) is 5.02 Å². The van der Waals surface area contributed by atoms with Crippen molar-refractivity contribution in [3.63, 3.8) is 0 Å². The fourth-order valence-electron chi connectivity index (χ4n) is 2.45. The van der Waals surface area contributed by atoms with Crippen LogP contribution in [0.4, 0.5) is 0 Å². The first-order valence-corrected chi connectivity index (χ1v) is 8.24. The first-order valence-electron chi connectivity index (χ1n) is 7.86. The minimum absolute atomic E-state index is 0.00210. The van der Waals surface area contributed by atoms with E-state index in [0.717, 1.165) is 16.5 Å². The van der Waals surface area contributed by atoms with E-state index in [4.69, 9.17) is 26.2 Å². The lowest BCUT2D eigenvalue weighted by Crippen LogP contribution is -2.13. The van der Waals surface area contributed by atoms with Crippen molar-refractivity contribution in [1.82, 2.24) is 0 Å². The average molecular weight is 371 g/mol. The number of benzene rings is 3. The van der Waals surface area contributed by atoms with Gasteiger partial charge in [0.25, 0.3) is 5.78 Å². The fraction of sp³-hybridized carbons (Fsp3) is 0.100. The molecule has 0 saturated carbocycles. The Hall–Kier alpha value is -3.05. The van der Waals surface area contributed by atoms with E-state index in [2.05, 4.69) is 0 Å². The van der Waals surface area contributed by atoms with Crippen molar-refractivity contribution in [2.24, 2.45) is 0 Å². The highest BCUT2D eigenvalue weighted by Gasteiger charge is 2.16. The predicted octanol–water partition coefficient (Wildman–Crippen LogP) is 4.22. The molecule has 0 aliphatic rings. The molecule has 0 unspecified atom stereocenters. The van der Waals surface area contributed by atoms with Gasteiger partial charge in [-0.15, -0.1) is 0 Å². The maximum atomic E-state index is 11.4. The third kappa shape index (κ3) is 4.13. The number of carbonyl (C=O) groups is 2. The van der Waals surface area contributed by atoms with Crippen molar-refractivity contribution in [3.8, 4) is 11.5 Å². The number of Topliss-reactive ketones (excluding diaryl/α,β-unsaturated/α-hetero) is 1. The van der Waals surface area contributed by atoms with Gasteiger partial charge in [-0.1, -0.05) is 41.9 Å². The van der Waals surface area contributed by atoms with Crippen LogP contribution < -0.4 is 9.47 Å². The zero-order chi connectivity index (χ0) is 18.5. The van der Waals surface area contributed by atoms with Crippen LogP contribution in [0.15, 0.2) is 60.7 Å². The van der Waals surface area contributed by atoms with Crippen molar-refractivity contribution in [1.29, 1.82) is 0 Å². The largest absolute Gasteiger partial charge is 0.490 e. The van der Waals surface area contributed by atoms with E-state index in [-0.39, 0.29) is 17.2 Å². The second kappa shape index (κ2) is 7.89. The fourth-order valence-corrected chi connectivity index (χ4v) is 2.69. The first-order chi connectivity index (χ1) is 12.5. The van der Waals surface area contributed by atoms with Crippen LogP contribution in [0.5, 0.6) is 11.5 Å². The number of ketones is 1. The molecule has 0 saturated heterocycles. The number of carboxylic acid groups (broad SMARTS) is 1. The summed E-state index contributed by atoms with van der Waals surface area (Å²) in [4.78, 5) is 22.1. The molecule has 0 bridgehead atoms. The molecule has 1 N–H and O–H groups in total. The molecule has 3 aromatic carbocycles. The zero-order valence-corrected chi connectivity index (χ0v) is 14.4. The Bertz CT molecular complexity index is 967. The van der Waals surface area contributed by atoms with Gasteiger partial charge in [-0.2, -0.15) is 0 Å². The molecule has 0 atom stereocenters. The lowest BCUT2D eigenvalue weighted by Gasteiger charge is -2.10. The summed E-state index contributed by atoms with van der Waals surface area (Å²) >= 11 is 6.03. The number of aliphatic carboxylic acids is 1. The lowest BCUT2D eigenvalue weighted by molar-refractivity contribution is -0.131. The van der Waals surface area contributed by atoms with Gasteiger partial charge in [0.15, 0.2) is 0 Å². The molecule has 0 aliphatic heterocycles. The van der Waals surface area contributed by atoms with Gasteiger partial charge in [0.2, 0.25) is 0 Å². The number of hydrogen-bond donors (Lipinski definition) is 1. The molecule has 0 amide bonds. The molecule has 3 rings (SSSR count). The van der Waals surface area contributed by atoms with Gasteiger partial charge in [-0.3, -0.25) is 4.79 Å². The smallest absolute Gasteiger partial charge is 0.377 e. The maximum Gasteiger partial charge on any atom is 0.377 e. The first kappa shape index (κ1) is 17.8. The monoisotopic (exact) mass is 370 g/mol. The Morgan fingerprint density at radius 2 is 1.62 bits per heavy atom. The van der Waals surface area contributed by atoms with Crippen LogP contribution in [0.1, 0.15) is 10.4 Å². The topological polar surface area (TPSA) is 72.8 Å². The molecule has 0 aromatic heterocycles. The molecule has 0 aliphatic carbocycles. The van der Waals surface area contributed by atoms with E-state index in [1.165, 1.54) is 18.2 Å². The Labute approximate surface area is 154 Å². The van der Waals surface area contributed by atoms with E-state index in [1.54, 1.807) is 0 Å². The van der Waals surface area contributed by atoms with Crippen LogP contribution >= 0.6 is 11.6 Å². The van der Waals surface area contributed by atoms with E-state index in [1.807, 2.05) is 42.5 Å². The van der Waals surface area contributed by atoms with Gasteiger partial charge in [-0.05, 0) is 41.1 Å². The number of carbonyl (C=O) groups excluding carboxylic acids is 1. The molecular formula is C20H15ClO5. The normalized spacial score (nSPS) is 10.5. The number of hydrogen-bond acceptors (Lipinski definition) is 4. The second-order valence-corrected chi connectivity index (χ2v) is 5.89. The highest BCUT2D eigenvalue weighted by molar-refractivity contribution is 6.40. The Kier molecular flexibility index (Phi) is 5.39. The second-order valence-electron chi connectivity index (χ2n) is 5.49. The Morgan fingerprint density at radius 1 is 0.885 bits per heavy atom. The summed E-state index contributed by atoms with van der Waals surface area (Å²) < 4.78 is 11.2. The van der Waals surface area contributed by atoms with Crippen molar-refractivity contribution in [2.75, 3.05) is 13.2 Å². The van der Waals surface area contributed by atoms with E-state index in [0.29, 0.717) is 12.4 Å². The molecule has 3 aromatic rings. The Morgan fingerprint density at radius 3 is 2.35 bits per heavy atom. The summed E-state index contributed by atoms with van der Waals surface area (Å²) in [7, 11) is 0. The molecule has 0 fully saturated rings. The van der Waals surface area contributed by atoms with E-state index < -0.39 is 11.8 Å². The highest BCUT2D eigenvalue weighted by atomic mass is 35.5. The molecule has 5 nitrogen and oxygen atoms in total. The molecule has 26 heavy (non-hydrogen) atoms. The lowest BCUT2D eigenvalue weighted by atomic mass is 10.1. The van der Waals surface area contributed by atoms with Gasteiger partial charge in [-0.25, -0.2) is 4.79 Å². The summed E-state index contributed by atoms with van der Waals surface area (Å²) in [5.74, 6) is -1.45. The summed E-state index contributed by atoms with van der Waals surface area (Å²) in [5.41, 5.74) is 0.00210. The number of carboxylic acids is 1. The highest BCUT2D eigenvalue weighted by Crippen LogP contribution is 2.26. The van der Waals surface area contributed by atoms with Crippen LogP contribution in [0.25, 0.3) is 10.8 Å². The molecule has 0 radical (unpaired) electrons. The standard InChI is InChI=1S/C20H15ClO5/c21-17-12-15(19(22)20(23)24)6-8-18(17)26-10-9-25-16-7-5-13-3-1-2-4-14(13)11-16/h1-8,11-12H,9-10H2,(H,23,24). The van der Waals surface area contributed by atoms with Gasteiger partial charge in [0.1, 0.15) is 24.7 Å². The summed E-state index contributed by atoms with van der Waals surface area (Å²) in [6.07, 6.45) is 0. The minimum Gasteiger partial charge on any atom is -0.490 e. The van der Waals surface area contributed by atoms with Crippen LogP contribution in [0.3, 0.4) is 0 Å². The predicted molar refractivity (Wildman–Crippen MR) is 98.4 cm³/mol. The van der Waals surface area contributed by atoms with Crippen molar-refractivity contribution >= 4 is 34.1 Å². The van der Waals surface area contributed by atoms with E-state index in [9.17, 15) is 9.59 Å². The third-order valence-corrected chi connectivity index (χ3v) is 4.01. The Balaban J connectivity index is 1.56. The number of fused-ring (bicyclic) bond motifs is 1. The molecule has 132 valence electrons. The number of ether oxygens (including phenoxy) is 2. The third-order valence-electron chi connectivity index (χ3n) is 3.72. The average Bonchev–Trinajstić information content (AvgIpc) is 2.65. The minimum atomic E-state index is -1.53. The van der Waals surface area contributed by atoms with E-state index >= 15 is 0 Å². The zero-order valence-electron chi connectivity index (χ0n) is 13.6. The van der Waals surface area contributed by atoms with Gasteiger partial charge >= 0.3 is 5.97 Å². The molecule has 0 spiro atoms. The SMILES string of the molecule is O=C(O)C(=O)c1ccc(OCCOc2ccc3ccccc3c2)c(Cl)c1. The van der Waals surface area contributed by atoms with Crippen LogP contribution in [-0.2, 0) is 4.79 Å². The number of rotatable bonds is 7. The summed E-state index contributed by atoms with van der Waals surface area (Å²) in [6.45, 7) is 0.559. The molecular weight excluding hydrogens is 356 g/mol. The van der Waals surface area contributed by atoms with Crippen molar-refractivity contribution in [3.05, 3.63) is 71.2 Å². The van der Waals surface area contributed by atoms with Gasteiger partial charge < -0.3 is 14.6 Å². The van der Waals surface area contributed by atoms with Crippen molar-refractivity contribution in [2.45, 2.75) is 0 Å². The molecule has 6 heteroatoms. The number of halogens is 1. The summed E-state index contributed by atoms with van der Waals surface area (Å²) in [6, 6.07) is 17.9.